The Morgan fingerprint density at radius 3 is 2.40 bits per heavy atom. The van der Waals surface area contributed by atoms with E-state index >= 15 is 0 Å². The fourth-order valence-corrected chi connectivity index (χ4v) is 1.75. The van der Waals surface area contributed by atoms with E-state index in [1.165, 1.54) is 17.7 Å². The van der Waals surface area contributed by atoms with Crippen LogP contribution in [0.5, 0.6) is 0 Å². The highest BCUT2D eigenvalue weighted by Gasteiger charge is 2.03. The van der Waals surface area contributed by atoms with E-state index in [0.29, 0.717) is 0 Å². The normalized spacial score (nSPS) is 11.2. The van der Waals surface area contributed by atoms with E-state index in [2.05, 4.69) is 10.5 Å². The number of hydrazone groups is 1. The molecule has 0 heterocycles. The third-order valence-corrected chi connectivity index (χ3v) is 2.76. The lowest BCUT2D eigenvalue weighted by Gasteiger charge is -2.03. The Kier molecular flexibility index (Phi) is 4.44. The summed E-state index contributed by atoms with van der Waals surface area (Å²) in [5.41, 5.74) is 5.82. The van der Waals surface area contributed by atoms with Gasteiger partial charge in [0.1, 0.15) is 0 Å². The Labute approximate surface area is 117 Å². The molecule has 0 aliphatic heterocycles. The molecule has 0 fully saturated rings. The molecule has 0 radical (unpaired) electrons. The maximum atomic E-state index is 10.5. The van der Waals surface area contributed by atoms with Crippen LogP contribution in [0, 0.1) is 10.1 Å². The van der Waals surface area contributed by atoms with Crippen molar-refractivity contribution >= 4 is 17.1 Å². The highest BCUT2D eigenvalue weighted by Crippen LogP contribution is 2.15. The zero-order chi connectivity index (χ0) is 14.4. The van der Waals surface area contributed by atoms with Gasteiger partial charge in [0, 0.05) is 24.3 Å². The molecule has 5 heteroatoms. The van der Waals surface area contributed by atoms with Crippen LogP contribution in [0.4, 0.5) is 11.4 Å². The molecule has 0 saturated heterocycles. The first kappa shape index (κ1) is 13.7. The third-order valence-electron chi connectivity index (χ3n) is 2.76. The van der Waals surface area contributed by atoms with Gasteiger partial charge in [-0.15, -0.1) is 0 Å². The van der Waals surface area contributed by atoms with Gasteiger partial charge < -0.3 is 0 Å². The minimum atomic E-state index is -0.423. The minimum absolute atomic E-state index is 0.0699. The minimum Gasteiger partial charge on any atom is -0.279 e. The molecule has 0 aliphatic carbocycles. The van der Waals surface area contributed by atoms with Crippen LogP contribution in [-0.2, 0) is 6.42 Å². The summed E-state index contributed by atoms with van der Waals surface area (Å²) >= 11 is 0. The zero-order valence-corrected chi connectivity index (χ0v) is 11.1. The van der Waals surface area contributed by atoms with Crippen molar-refractivity contribution in [3.63, 3.8) is 0 Å². The number of anilines is 1. The van der Waals surface area contributed by atoms with Gasteiger partial charge in [-0.1, -0.05) is 30.3 Å². The fourth-order valence-electron chi connectivity index (χ4n) is 1.75. The van der Waals surface area contributed by atoms with E-state index in [1.807, 2.05) is 37.3 Å². The van der Waals surface area contributed by atoms with Crippen molar-refractivity contribution < 1.29 is 4.92 Å². The third kappa shape index (κ3) is 3.91. The summed E-state index contributed by atoms with van der Waals surface area (Å²) in [5, 5.41) is 14.8. The second-order valence-electron chi connectivity index (χ2n) is 4.43. The molecular formula is C15H15N3O2. The summed E-state index contributed by atoms with van der Waals surface area (Å²) in [7, 11) is 0. The molecule has 2 rings (SSSR count). The Morgan fingerprint density at radius 2 is 1.80 bits per heavy atom. The molecule has 0 atom stereocenters. The molecule has 1 N–H and O–H groups in total. The zero-order valence-electron chi connectivity index (χ0n) is 11.1. The summed E-state index contributed by atoms with van der Waals surface area (Å²) in [6.45, 7) is 1.94. The largest absolute Gasteiger partial charge is 0.279 e. The summed E-state index contributed by atoms with van der Waals surface area (Å²) in [6.07, 6.45) is 0.765. The van der Waals surface area contributed by atoms with Crippen molar-refractivity contribution in [2.45, 2.75) is 13.3 Å². The monoisotopic (exact) mass is 269 g/mol. The maximum Gasteiger partial charge on any atom is 0.269 e. The lowest BCUT2D eigenvalue weighted by Crippen LogP contribution is -2.01. The van der Waals surface area contributed by atoms with Crippen LogP contribution in [0.1, 0.15) is 12.5 Å². The van der Waals surface area contributed by atoms with Crippen LogP contribution in [0.15, 0.2) is 59.7 Å². The van der Waals surface area contributed by atoms with E-state index in [4.69, 9.17) is 0 Å². The van der Waals surface area contributed by atoms with Crippen molar-refractivity contribution in [3.8, 4) is 0 Å². The topological polar surface area (TPSA) is 67.5 Å². The predicted molar refractivity (Wildman–Crippen MR) is 80.0 cm³/mol. The van der Waals surface area contributed by atoms with Crippen LogP contribution >= 0.6 is 0 Å². The van der Waals surface area contributed by atoms with Crippen LogP contribution in [-0.4, -0.2) is 10.6 Å². The van der Waals surface area contributed by atoms with Gasteiger partial charge >= 0.3 is 0 Å². The number of rotatable bonds is 5. The number of hydrogen-bond acceptors (Lipinski definition) is 4. The molecule has 0 amide bonds. The molecule has 5 nitrogen and oxygen atoms in total. The Hall–Kier alpha value is -2.69. The molecule has 0 bridgehead atoms. The molecule has 0 spiro atoms. The highest BCUT2D eigenvalue weighted by atomic mass is 16.6. The number of hydrogen-bond donors (Lipinski definition) is 1. The van der Waals surface area contributed by atoms with Gasteiger partial charge in [-0.2, -0.15) is 5.10 Å². The molecule has 0 saturated carbocycles. The first-order valence-electron chi connectivity index (χ1n) is 6.23. The van der Waals surface area contributed by atoms with Crippen LogP contribution in [0.25, 0.3) is 0 Å². The lowest BCUT2D eigenvalue weighted by molar-refractivity contribution is -0.384. The summed E-state index contributed by atoms with van der Waals surface area (Å²) in [5.74, 6) is 0. The van der Waals surface area contributed by atoms with Gasteiger partial charge in [-0.3, -0.25) is 15.5 Å². The van der Waals surface area contributed by atoms with Crippen molar-refractivity contribution in [2.24, 2.45) is 5.10 Å². The van der Waals surface area contributed by atoms with E-state index in [-0.39, 0.29) is 5.69 Å². The van der Waals surface area contributed by atoms with Crippen LogP contribution in [0.3, 0.4) is 0 Å². The van der Waals surface area contributed by atoms with E-state index < -0.39 is 4.92 Å². The fraction of sp³-hybridized carbons (Fsp3) is 0.133. The maximum absolute atomic E-state index is 10.5. The number of nitrogens with zero attached hydrogens (tertiary/aromatic N) is 2. The molecule has 20 heavy (non-hydrogen) atoms. The van der Waals surface area contributed by atoms with Crippen molar-refractivity contribution in [1.82, 2.24) is 0 Å². The van der Waals surface area contributed by atoms with Gasteiger partial charge in [0.25, 0.3) is 5.69 Å². The number of nitro groups is 1. The molecule has 102 valence electrons. The highest BCUT2D eigenvalue weighted by molar-refractivity contribution is 5.84. The molecule has 2 aromatic carbocycles. The Bertz CT molecular complexity index is 607. The van der Waals surface area contributed by atoms with Gasteiger partial charge in [0.05, 0.1) is 10.6 Å². The quantitative estimate of drug-likeness (QED) is 0.512. The Morgan fingerprint density at radius 1 is 1.15 bits per heavy atom. The second kappa shape index (κ2) is 6.47. The van der Waals surface area contributed by atoms with Gasteiger partial charge in [-0.25, -0.2) is 0 Å². The Balaban J connectivity index is 1.96. The average molecular weight is 269 g/mol. The van der Waals surface area contributed by atoms with Gasteiger partial charge in [-0.05, 0) is 24.6 Å². The summed E-state index contributed by atoms with van der Waals surface area (Å²) in [4.78, 5) is 10.1. The molecular weight excluding hydrogens is 254 g/mol. The molecule has 2 aromatic rings. The van der Waals surface area contributed by atoms with Crippen LogP contribution in [0.2, 0.25) is 0 Å². The number of benzene rings is 2. The van der Waals surface area contributed by atoms with Crippen molar-refractivity contribution in [3.05, 3.63) is 70.3 Å². The van der Waals surface area contributed by atoms with E-state index in [1.54, 1.807) is 12.1 Å². The second-order valence-corrected chi connectivity index (χ2v) is 4.43. The van der Waals surface area contributed by atoms with Crippen LogP contribution < -0.4 is 5.43 Å². The smallest absolute Gasteiger partial charge is 0.269 e. The first-order valence-corrected chi connectivity index (χ1v) is 6.23. The summed E-state index contributed by atoms with van der Waals surface area (Å²) in [6, 6.07) is 16.2. The lowest BCUT2D eigenvalue weighted by atomic mass is 10.1. The number of non-ortho nitro benzene ring substituents is 1. The standard InChI is InChI=1S/C15H15N3O2/c1-12(11-13-5-3-2-4-6-13)16-17-14-7-9-15(10-8-14)18(19)20/h2-10,17H,11H2,1H3/b16-12-. The number of nitrogens with one attached hydrogen (secondary N) is 1. The van der Waals surface area contributed by atoms with Crippen molar-refractivity contribution in [1.29, 1.82) is 0 Å². The number of nitro benzene ring substituents is 1. The van der Waals surface area contributed by atoms with E-state index in [0.717, 1.165) is 17.8 Å². The van der Waals surface area contributed by atoms with Crippen molar-refractivity contribution in [2.75, 3.05) is 5.43 Å². The van der Waals surface area contributed by atoms with Gasteiger partial charge in [0.15, 0.2) is 0 Å². The average Bonchev–Trinajstić information content (AvgIpc) is 2.46. The summed E-state index contributed by atoms with van der Waals surface area (Å²) < 4.78 is 0. The molecule has 0 unspecified atom stereocenters. The van der Waals surface area contributed by atoms with Gasteiger partial charge in [0.2, 0.25) is 0 Å². The first-order chi connectivity index (χ1) is 9.65. The van der Waals surface area contributed by atoms with E-state index in [9.17, 15) is 10.1 Å². The predicted octanol–water partition coefficient (Wildman–Crippen LogP) is 3.63. The SMILES string of the molecule is C/C(Cc1ccccc1)=N/Nc1ccc([N+](=O)[O-])cc1. The molecule has 0 aliphatic rings. The molecule has 0 aromatic heterocycles.